The molecule has 0 radical (unpaired) electrons. The summed E-state index contributed by atoms with van der Waals surface area (Å²) in [5.74, 6) is -1.50. The number of carboxylic acids is 1. The van der Waals surface area contributed by atoms with E-state index in [0.29, 0.717) is 13.0 Å². The van der Waals surface area contributed by atoms with Gasteiger partial charge in [0.15, 0.2) is 6.04 Å². The molecule has 1 unspecified atom stereocenters. The van der Waals surface area contributed by atoms with Gasteiger partial charge in [0.05, 0.1) is 13.2 Å². The molecule has 0 aromatic carbocycles. The molecule has 1 aromatic heterocycles. The Hall–Kier alpha value is -1.95. The molecule has 0 aliphatic heterocycles. The van der Waals surface area contributed by atoms with Crippen molar-refractivity contribution in [2.24, 2.45) is 0 Å². The van der Waals surface area contributed by atoms with Gasteiger partial charge in [-0.25, -0.2) is 4.79 Å². The van der Waals surface area contributed by atoms with Crippen LogP contribution in [0.4, 0.5) is 0 Å². The molecule has 1 atom stereocenters. The Bertz CT molecular complexity index is 394. The van der Waals surface area contributed by atoms with Crippen molar-refractivity contribution in [3.63, 3.8) is 0 Å². The number of amides is 1. The molecule has 0 aliphatic rings. The number of hydrogen-bond acceptors (Lipinski definition) is 4. The highest BCUT2D eigenvalue weighted by atomic mass is 16.5. The molecule has 0 aliphatic carbocycles. The molecule has 0 fully saturated rings. The Morgan fingerprint density at radius 3 is 2.83 bits per heavy atom. The van der Waals surface area contributed by atoms with E-state index < -0.39 is 17.9 Å². The smallest absolute Gasteiger partial charge is 0.328 e. The number of carboxylic acid groups (broad SMARTS) is 1. The fourth-order valence-electron chi connectivity index (χ4n) is 1.34. The van der Waals surface area contributed by atoms with Gasteiger partial charge in [-0.3, -0.25) is 9.78 Å². The Morgan fingerprint density at radius 1 is 1.50 bits per heavy atom. The van der Waals surface area contributed by atoms with Crippen LogP contribution in [0.1, 0.15) is 12.6 Å². The van der Waals surface area contributed by atoms with Crippen LogP contribution in [0.3, 0.4) is 0 Å². The minimum Gasteiger partial charge on any atom is -0.480 e. The zero-order valence-electron chi connectivity index (χ0n) is 10.1. The highest BCUT2D eigenvalue weighted by Crippen LogP contribution is 1.96. The summed E-state index contributed by atoms with van der Waals surface area (Å²) in [6.07, 6.45) is 2.29. The van der Waals surface area contributed by atoms with Crippen molar-refractivity contribution in [2.75, 3.05) is 13.2 Å². The number of carbonyl (C=O) groups excluding carboxylic acids is 1. The van der Waals surface area contributed by atoms with Gasteiger partial charge in [-0.1, -0.05) is 6.07 Å². The third-order valence-corrected chi connectivity index (χ3v) is 2.19. The van der Waals surface area contributed by atoms with Crippen LogP contribution in [0, 0.1) is 0 Å². The lowest BCUT2D eigenvalue weighted by atomic mass is 10.3. The monoisotopic (exact) mass is 252 g/mol. The zero-order chi connectivity index (χ0) is 13.4. The minimum absolute atomic E-state index is 0.0538. The second kappa shape index (κ2) is 7.39. The minimum atomic E-state index is -1.11. The average molecular weight is 252 g/mol. The largest absolute Gasteiger partial charge is 0.480 e. The number of rotatable bonds is 7. The predicted octanol–water partition coefficient (Wildman–Crippen LogP) is 0.230. The van der Waals surface area contributed by atoms with Crippen LogP contribution in [0.2, 0.25) is 0 Å². The lowest BCUT2D eigenvalue weighted by molar-refractivity contribution is -0.143. The Kier molecular flexibility index (Phi) is 5.79. The van der Waals surface area contributed by atoms with Crippen molar-refractivity contribution in [1.82, 2.24) is 10.3 Å². The Balaban J connectivity index is 2.27. The Labute approximate surface area is 105 Å². The molecule has 0 bridgehead atoms. The molecule has 0 spiro atoms. The summed E-state index contributed by atoms with van der Waals surface area (Å²) in [4.78, 5) is 25.7. The summed E-state index contributed by atoms with van der Waals surface area (Å²) in [5.41, 5.74) is 0.879. The fourth-order valence-corrected chi connectivity index (χ4v) is 1.34. The SMILES string of the molecule is CC(=O)NC(COCCc1ccccn1)C(=O)O. The first-order chi connectivity index (χ1) is 8.59. The molecule has 1 heterocycles. The summed E-state index contributed by atoms with van der Waals surface area (Å²) in [6.45, 7) is 1.58. The van der Waals surface area contributed by atoms with Crippen molar-refractivity contribution < 1.29 is 19.4 Å². The summed E-state index contributed by atoms with van der Waals surface area (Å²) in [6, 6.07) is 4.55. The van der Waals surface area contributed by atoms with Crippen molar-refractivity contribution in [3.8, 4) is 0 Å². The third-order valence-electron chi connectivity index (χ3n) is 2.19. The van der Waals surface area contributed by atoms with E-state index in [4.69, 9.17) is 9.84 Å². The van der Waals surface area contributed by atoms with Crippen molar-refractivity contribution in [3.05, 3.63) is 30.1 Å². The molecule has 18 heavy (non-hydrogen) atoms. The Morgan fingerprint density at radius 2 is 2.28 bits per heavy atom. The molecular formula is C12H16N2O4. The molecule has 6 nitrogen and oxygen atoms in total. The highest BCUT2D eigenvalue weighted by Gasteiger charge is 2.18. The van der Waals surface area contributed by atoms with Gasteiger partial charge in [0.2, 0.25) is 5.91 Å². The van der Waals surface area contributed by atoms with E-state index in [1.165, 1.54) is 6.92 Å². The fraction of sp³-hybridized carbons (Fsp3) is 0.417. The molecule has 0 saturated carbocycles. The number of ether oxygens (including phenoxy) is 1. The molecule has 6 heteroatoms. The van der Waals surface area contributed by atoms with Gasteiger partial charge in [-0.05, 0) is 12.1 Å². The van der Waals surface area contributed by atoms with Crippen molar-refractivity contribution in [1.29, 1.82) is 0 Å². The van der Waals surface area contributed by atoms with Gasteiger partial charge in [0, 0.05) is 25.2 Å². The number of nitrogens with one attached hydrogen (secondary N) is 1. The van der Waals surface area contributed by atoms with Gasteiger partial charge in [0.25, 0.3) is 0 Å². The number of pyridine rings is 1. The van der Waals surface area contributed by atoms with Gasteiger partial charge in [0.1, 0.15) is 0 Å². The first-order valence-corrected chi connectivity index (χ1v) is 5.57. The van der Waals surface area contributed by atoms with E-state index in [0.717, 1.165) is 5.69 Å². The lowest BCUT2D eigenvalue weighted by Gasteiger charge is -2.13. The molecule has 98 valence electrons. The van der Waals surface area contributed by atoms with Crippen LogP contribution in [0.25, 0.3) is 0 Å². The van der Waals surface area contributed by atoms with Gasteiger partial charge >= 0.3 is 5.97 Å². The van der Waals surface area contributed by atoms with Crippen LogP contribution in [-0.2, 0) is 20.7 Å². The van der Waals surface area contributed by atoms with Gasteiger partial charge in [-0.15, -0.1) is 0 Å². The zero-order valence-corrected chi connectivity index (χ0v) is 10.1. The van der Waals surface area contributed by atoms with Crippen molar-refractivity contribution >= 4 is 11.9 Å². The summed E-state index contributed by atoms with van der Waals surface area (Å²) in [7, 11) is 0. The maximum Gasteiger partial charge on any atom is 0.328 e. The van der Waals surface area contributed by atoms with Crippen LogP contribution in [0.15, 0.2) is 24.4 Å². The molecule has 1 amide bonds. The molecule has 2 N–H and O–H groups in total. The number of nitrogens with zero attached hydrogens (tertiary/aromatic N) is 1. The molecule has 1 aromatic rings. The van der Waals surface area contributed by atoms with E-state index in [2.05, 4.69) is 10.3 Å². The van der Waals surface area contributed by atoms with E-state index in [1.54, 1.807) is 6.20 Å². The lowest BCUT2D eigenvalue weighted by Crippen LogP contribution is -2.43. The van der Waals surface area contributed by atoms with Crippen LogP contribution >= 0.6 is 0 Å². The predicted molar refractivity (Wildman–Crippen MR) is 64.0 cm³/mol. The molecular weight excluding hydrogens is 236 g/mol. The first-order valence-electron chi connectivity index (χ1n) is 5.57. The second-order valence-corrected chi connectivity index (χ2v) is 3.74. The standard InChI is InChI=1S/C12H16N2O4/c1-9(15)14-11(12(16)17)8-18-7-5-10-4-2-3-6-13-10/h2-4,6,11H,5,7-8H2,1H3,(H,14,15)(H,16,17). The summed E-state index contributed by atoms with van der Waals surface area (Å²) >= 11 is 0. The third kappa shape index (κ3) is 5.40. The number of carbonyl (C=O) groups is 2. The van der Waals surface area contributed by atoms with E-state index in [9.17, 15) is 9.59 Å². The normalized spacial score (nSPS) is 11.8. The average Bonchev–Trinajstić information content (AvgIpc) is 2.33. The van der Waals surface area contributed by atoms with E-state index in [1.807, 2.05) is 18.2 Å². The van der Waals surface area contributed by atoms with Gasteiger partial charge in [-0.2, -0.15) is 0 Å². The topological polar surface area (TPSA) is 88.5 Å². The number of hydrogen-bond donors (Lipinski definition) is 2. The summed E-state index contributed by atoms with van der Waals surface area (Å²) in [5, 5.41) is 11.1. The van der Waals surface area contributed by atoms with Crippen LogP contribution in [0.5, 0.6) is 0 Å². The van der Waals surface area contributed by atoms with Crippen molar-refractivity contribution in [2.45, 2.75) is 19.4 Å². The summed E-state index contributed by atoms with van der Waals surface area (Å²) < 4.78 is 5.23. The quantitative estimate of drug-likeness (QED) is 0.678. The van der Waals surface area contributed by atoms with E-state index >= 15 is 0 Å². The second-order valence-electron chi connectivity index (χ2n) is 3.74. The molecule has 0 saturated heterocycles. The molecule has 1 rings (SSSR count). The maximum absolute atomic E-state index is 10.8. The first kappa shape index (κ1) is 14.1. The van der Waals surface area contributed by atoms with Gasteiger partial charge < -0.3 is 15.2 Å². The highest BCUT2D eigenvalue weighted by molar-refractivity contribution is 5.82. The van der Waals surface area contributed by atoms with E-state index in [-0.39, 0.29) is 6.61 Å². The number of aromatic nitrogens is 1. The van der Waals surface area contributed by atoms with Crippen LogP contribution in [-0.4, -0.2) is 41.2 Å². The maximum atomic E-state index is 10.8. The number of aliphatic carboxylic acids is 1. The van der Waals surface area contributed by atoms with Crippen LogP contribution < -0.4 is 5.32 Å².